The summed E-state index contributed by atoms with van der Waals surface area (Å²) in [7, 11) is 0. The highest BCUT2D eigenvalue weighted by atomic mass is 35.5. The van der Waals surface area contributed by atoms with Gasteiger partial charge in [-0.1, -0.05) is 11.6 Å². The summed E-state index contributed by atoms with van der Waals surface area (Å²) in [5.74, 6) is 0.157. The fourth-order valence-corrected chi connectivity index (χ4v) is 2.18. The first-order chi connectivity index (χ1) is 8.63. The van der Waals surface area contributed by atoms with E-state index in [1.165, 1.54) is 0 Å². The van der Waals surface area contributed by atoms with Gasteiger partial charge in [-0.2, -0.15) is 0 Å². The quantitative estimate of drug-likeness (QED) is 0.852. The predicted octanol–water partition coefficient (Wildman–Crippen LogP) is 2.34. The summed E-state index contributed by atoms with van der Waals surface area (Å²) >= 11 is 5.79. The molecule has 0 spiro atoms. The molecule has 1 amide bonds. The number of amides is 1. The van der Waals surface area contributed by atoms with Crippen molar-refractivity contribution in [2.45, 2.75) is 38.7 Å². The fourth-order valence-electron chi connectivity index (χ4n) is 1.94. The Balaban J connectivity index is 1.82. The van der Waals surface area contributed by atoms with E-state index in [2.05, 4.69) is 15.3 Å². The summed E-state index contributed by atoms with van der Waals surface area (Å²) in [4.78, 5) is 19.7. The second-order valence-corrected chi connectivity index (χ2v) is 4.76. The number of aryl methyl sites for hydroxylation is 1. The van der Waals surface area contributed by atoms with Crippen LogP contribution in [-0.4, -0.2) is 28.6 Å². The van der Waals surface area contributed by atoms with E-state index in [9.17, 15) is 4.79 Å². The van der Waals surface area contributed by atoms with E-state index in [0.29, 0.717) is 11.6 Å². The number of hydrogen-bond acceptors (Lipinski definition) is 4. The molecule has 18 heavy (non-hydrogen) atoms. The summed E-state index contributed by atoms with van der Waals surface area (Å²) in [6, 6.07) is 1.64. The van der Waals surface area contributed by atoms with Crippen molar-refractivity contribution in [3.8, 4) is 0 Å². The molecule has 1 unspecified atom stereocenters. The van der Waals surface area contributed by atoms with Gasteiger partial charge in [0.15, 0.2) is 0 Å². The molecule has 2 heterocycles. The topological polar surface area (TPSA) is 64.1 Å². The first kappa shape index (κ1) is 13.2. The second-order valence-electron chi connectivity index (χ2n) is 4.38. The Kier molecular flexibility index (Phi) is 4.49. The molecule has 1 saturated heterocycles. The largest absolute Gasteiger partial charge is 0.378 e. The van der Waals surface area contributed by atoms with Crippen LogP contribution < -0.4 is 5.32 Å². The molecule has 5 nitrogen and oxygen atoms in total. The fraction of sp³-hybridized carbons (Fsp3) is 0.583. The average Bonchev–Trinajstić information content (AvgIpc) is 2.77. The standard InChI is InChI=1S/C12H16ClN3O2/c1-8-7-10(13)15-12(14-8)16-11(17)5-4-9-3-2-6-18-9/h7,9H,2-6H2,1H3,(H,14,15,16,17). The van der Waals surface area contributed by atoms with Crippen molar-refractivity contribution in [1.82, 2.24) is 9.97 Å². The van der Waals surface area contributed by atoms with Crippen molar-refractivity contribution < 1.29 is 9.53 Å². The van der Waals surface area contributed by atoms with Gasteiger partial charge in [-0.3, -0.25) is 10.1 Å². The van der Waals surface area contributed by atoms with Crippen LogP contribution in [0.15, 0.2) is 6.07 Å². The maximum absolute atomic E-state index is 11.7. The normalized spacial score (nSPS) is 18.9. The minimum absolute atomic E-state index is 0.104. The third kappa shape index (κ3) is 3.92. The van der Waals surface area contributed by atoms with E-state index in [1.54, 1.807) is 13.0 Å². The van der Waals surface area contributed by atoms with Crippen molar-refractivity contribution in [1.29, 1.82) is 0 Å². The summed E-state index contributed by atoms with van der Waals surface area (Å²) < 4.78 is 5.46. The van der Waals surface area contributed by atoms with Crippen molar-refractivity contribution >= 4 is 23.5 Å². The third-order valence-electron chi connectivity index (χ3n) is 2.79. The molecule has 0 aliphatic carbocycles. The van der Waals surface area contributed by atoms with Crippen LogP contribution in [0.4, 0.5) is 5.95 Å². The van der Waals surface area contributed by atoms with Gasteiger partial charge in [-0.25, -0.2) is 9.97 Å². The van der Waals surface area contributed by atoms with Crippen LogP contribution in [0.5, 0.6) is 0 Å². The van der Waals surface area contributed by atoms with E-state index >= 15 is 0 Å². The van der Waals surface area contributed by atoms with Gasteiger partial charge < -0.3 is 4.74 Å². The molecule has 0 radical (unpaired) electrons. The first-order valence-electron chi connectivity index (χ1n) is 6.06. The first-order valence-corrected chi connectivity index (χ1v) is 6.44. The van der Waals surface area contributed by atoms with Crippen LogP contribution in [0.3, 0.4) is 0 Å². The molecule has 1 aromatic heterocycles. The average molecular weight is 270 g/mol. The Morgan fingerprint density at radius 2 is 2.44 bits per heavy atom. The van der Waals surface area contributed by atoms with Crippen LogP contribution in [0.1, 0.15) is 31.4 Å². The van der Waals surface area contributed by atoms with Crippen molar-refractivity contribution in [2.75, 3.05) is 11.9 Å². The lowest BCUT2D eigenvalue weighted by atomic mass is 10.1. The van der Waals surface area contributed by atoms with Gasteiger partial charge in [0, 0.05) is 18.7 Å². The number of halogens is 1. The Morgan fingerprint density at radius 3 is 3.11 bits per heavy atom. The number of aromatic nitrogens is 2. The van der Waals surface area contributed by atoms with Gasteiger partial charge >= 0.3 is 0 Å². The smallest absolute Gasteiger partial charge is 0.231 e. The van der Waals surface area contributed by atoms with Gasteiger partial charge in [-0.15, -0.1) is 0 Å². The number of nitrogens with zero attached hydrogens (tertiary/aromatic N) is 2. The highest BCUT2D eigenvalue weighted by Gasteiger charge is 2.17. The number of ether oxygens (including phenoxy) is 1. The van der Waals surface area contributed by atoms with E-state index < -0.39 is 0 Å². The Hall–Kier alpha value is -1.20. The lowest BCUT2D eigenvalue weighted by Crippen LogP contribution is -2.17. The summed E-state index contributed by atoms with van der Waals surface area (Å²) in [5.41, 5.74) is 0.726. The van der Waals surface area contributed by atoms with E-state index in [1.807, 2.05) is 0 Å². The molecular weight excluding hydrogens is 254 g/mol. The SMILES string of the molecule is Cc1cc(Cl)nc(NC(=O)CCC2CCCO2)n1. The number of nitrogens with one attached hydrogen (secondary N) is 1. The summed E-state index contributed by atoms with van der Waals surface area (Å²) in [5, 5.41) is 2.98. The van der Waals surface area contributed by atoms with Crippen molar-refractivity contribution in [3.63, 3.8) is 0 Å². The maximum Gasteiger partial charge on any atom is 0.231 e. The van der Waals surface area contributed by atoms with Gasteiger partial charge in [0.1, 0.15) is 5.15 Å². The van der Waals surface area contributed by atoms with Gasteiger partial charge in [0.05, 0.1) is 6.10 Å². The van der Waals surface area contributed by atoms with Crippen LogP contribution in [-0.2, 0) is 9.53 Å². The molecule has 1 fully saturated rings. The number of carbonyl (C=O) groups excluding carboxylic acids is 1. The highest BCUT2D eigenvalue weighted by molar-refractivity contribution is 6.29. The molecule has 98 valence electrons. The Morgan fingerprint density at radius 1 is 1.61 bits per heavy atom. The number of anilines is 1. The van der Waals surface area contributed by atoms with E-state index in [4.69, 9.17) is 16.3 Å². The molecule has 0 saturated carbocycles. The van der Waals surface area contributed by atoms with Crippen LogP contribution in [0.2, 0.25) is 5.15 Å². The molecule has 1 aliphatic heterocycles. The van der Waals surface area contributed by atoms with Gasteiger partial charge in [0.25, 0.3) is 0 Å². The predicted molar refractivity (Wildman–Crippen MR) is 68.6 cm³/mol. The molecule has 1 N–H and O–H groups in total. The molecular formula is C12H16ClN3O2. The zero-order chi connectivity index (χ0) is 13.0. The summed E-state index contributed by atoms with van der Waals surface area (Å²) in [6.07, 6.45) is 3.51. The zero-order valence-electron chi connectivity index (χ0n) is 10.3. The Bertz CT molecular complexity index is 413. The zero-order valence-corrected chi connectivity index (χ0v) is 11.0. The molecule has 2 rings (SSSR count). The maximum atomic E-state index is 11.7. The van der Waals surface area contributed by atoms with Gasteiger partial charge in [-0.05, 0) is 32.3 Å². The van der Waals surface area contributed by atoms with Crippen LogP contribution in [0, 0.1) is 6.92 Å². The lowest BCUT2D eigenvalue weighted by molar-refractivity contribution is -0.116. The van der Waals surface area contributed by atoms with Crippen molar-refractivity contribution in [3.05, 3.63) is 16.9 Å². The molecule has 6 heteroatoms. The van der Waals surface area contributed by atoms with Crippen molar-refractivity contribution in [2.24, 2.45) is 0 Å². The Labute approximate surface area is 111 Å². The minimum atomic E-state index is -0.104. The number of rotatable bonds is 4. The molecule has 1 aromatic rings. The van der Waals surface area contributed by atoms with Crippen LogP contribution in [0.25, 0.3) is 0 Å². The highest BCUT2D eigenvalue weighted by Crippen LogP contribution is 2.17. The summed E-state index contributed by atoms with van der Waals surface area (Å²) in [6.45, 7) is 2.61. The van der Waals surface area contributed by atoms with E-state index in [-0.39, 0.29) is 18.0 Å². The number of hydrogen-bond donors (Lipinski definition) is 1. The molecule has 1 aliphatic rings. The third-order valence-corrected chi connectivity index (χ3v) is 2.99. The minimum Gasteiger partial charge on any atom is -0.378 e. The van der Waals surface area contributed by atoms with Crippen LogP contribution >= 0.6 is 11.6 Å². The number of carbonyl (C=O) groups is 1. The van der Waals surface area contributed by atoms with Gasteiger partial charge in [0.2, 0.25) is 11.9 Å². The second kappa shape index (κ2) is 6.11. The monoisotopic (exact) mass is 269 g/mol. The lowest BCUT2D eigenvalue weighted by Gasteiger charge is -2.09. The molecule has 0 aromatic carbocycles. The molecule has 0 bridgehead atoms. The molecule has 1 atom stereocenters. The van der Waals surface area contributed by atoms with E-state index in [0.717, 1.165) is 31.6 Å².